The molecule has 3 unspecified atom stereocenters. The number of aliphatic imine (C=N–C) groups is 1. The molecule has 0 aromatic heterocycles. The molecule has 1 aliphatic carbocycles. The summed E-state index contributed by atoms with van der Waals surface area (Å²) in [5, 5.41) is 4.28. The van der Waals surface area contributed by atoms with Gasteiger partial charge in [0.1, 0.15) is 7.85 Å². The highest BCUT2D eigenvalue weighted by Crippen LogP contribution is 2.43. The van der Waals surface area contributed by atoms with Crippen molar-refractivity contribution >= 4 is 13.7 Å². The molecule has 1 heterocycles. The Bertz CT molecular complexity index is 364. The van der Waals surface area contributed by atoms with Crippen LogP contribution in [0.5, 0.6) is 0 Å². The lowest BCUT2D eigenvalue weighted by molar-refractivity contribution is 0.339. The summed E-state index contributed by atoms with van der Waals surface area (Å²) in [6.45, 7) is 9.33. The Morgan fingerprint density at radius 2 is 1.67 bits per heavy atom. The van der Waals surface area contributed by atoms with Gasteiger partial charge in [0.05, 0.1) is 11.9 Å². The van der Waals surface area contributed by atoms with E-state index in [0.717, 1.165) is 5.92 Å². The van der Waals surface area contributed by atoms with Crippen molar-refractivity contribution in [2.24, 2.45) is 16.8 Å². The second kappa shape index (κ2) is 7.20. The van der Waals surface area contributed by atoms with E-state index in [2.05, 4.69) is 40.9 Å². The quantitative estimate of drug-likeness (QED) is 0.765. The highest BCUT2D eigenvalue weighted by atomic mass is 15.1. The molecule has 2 nitrogen and oxygen atoms in total. The van der Waals surface area contributed by atoms with E-state index in [1.807, 2.05) is 0 Å². The molecule has 2 rings (SSSR count). The average Bonchev–Trinajstić information content (AvgIpc) is 2.81. The van der Waals surface area contributed by atoms with Gasteiger partial charge in [0.25, 0.3) is 0 Å². The molecule has 2 aliphatic rings. The summed E-state index contributed by atoms with van der Waals surface area (Å²) in [6.07, 6.45) is 10.9. The number of nitrogens with zero attached hydrogens (tertiary/aromatic N) is 1. The molecule has 3 atom stereocenters. The molecule has 0 amide bonds. The Hall–Kier alpha value is -0.465. The van der Waals surface area contributed by atoms with Crippen molar-refractivity contribution in [2.75, 3.05) is 0 Å². The molecule has 1 fully saturated rings. The summed E-state index contributed by atoms with van der Waals surface area (Å²) in [7, 11) is 2.52. The first-order chi connectivity index (χ1) is 9.92. The van der Waals surface area contributed by atoms with E-state index in [0.29, 0.717) is 23.3 Å². The highest BCUT2D eigenvalue weighted by Gasteiger charge is 2.31. The van der Waals surface area contributed by atoms with E-state index in [4.69, 9.17) is 4.99 Å². The number of hydrogen-bond donors (Lipinski definition) is 1. The average molecular weight is 290 g/mol. The fraction of sp³-hybridized carbons (Fsp3) is 0.944. The first-order valence-electron chi connectivity index (χ1n) is 9.26. The zero-order valence-electron chi connectivity index (χ0n) is 14.9. The molecule has 1 aliphatic heterocycles. The lowest BCUT2D eigenvalue weighted by Crippen LogP contribution is -2.36. The second-order valence-electron chi connectivity index (χ2n) is 8.29. The summed E-state index contributed by atoms with van der Waals surface area (Å²) in [4.78, 5) is 4.99. The van der Waals surface area contributed by atoms with E-state index in [9.17, 15) is 0 Å². The van der Waals surface area contributed by atoms with Gasteiger partial charge in [-0.05, 0) is 18.8 Å². The van der Waals surface area contributed by atoms with Crippen LogP contribution in [0.1, 0.15) is 79.1 Å². The Labute approximate surface area is 133 Å². The van der Waals surface area contributed by atoms with Crippen LogP contribution in [-0.4, -0.2) is 25.8 Å². The van der Waals surface area contributed by atoms with Crippen molar-refractivity contribution < 1.29 is 0 Å². The molecule has 1 N–H and O–H groups in total. The molecule has 0 aromatic rings. The summed E-state index contributed by atoms with van der Waals surface area (Å²) in [6, 6.07) is 1.16. The van der Waals surface area contributed by atoms with Crippen molar-refractivity contribution in [1.82, 2.24) is 5.32 Å². The van der Waals surface area contributed by atoms with Gasteiger partial charge >= 0.3 is 0 Å². The molecule has 0 radical (unpaired) electrons. The Kier molecular flexibility index (Phi) is 5.79. The predicted molar refractivity (Wildman–Crippen MR) is 96.0 cm³/mol. The van der Waals surface area contributed by atoms with Gasteiger partial charge < -0.3 is 5.32 Å². The molecule has 1 saturated carbocycles. The monoisotopic (exact) mass is 290 g/mol. The van der Waals surface area contributed by atoms with Gasteiger partial charge in [-0.2, -0.15) is 0 Å². The van der Waals surface area contributed by atoms with Gasteiger partial charge in [0.15, 0.2) is 0 Å². The summed E-state index contributed by atoms with van der Waals surface area (Å²) in [5.74, 6) is 2.62. The minimum atomic E-state index is 0.547. The highest BCUT2D eigenvalue weighted by molar-refractivity contribution is 6.15. The van der Waals surface area contributed by atoms with Crippen LogP contribution in [-0.2, 0) is 0 Å². The van der Waals surface area contributed by atoms with Gasteiger partial charge in [0.2, 0.25) is 0 Å². The van der Waals surface area contributed by atoms with Crippen LogP contribution in [0, 0.1) is 11.8 Å². The fourth-order valence-corrected chi connectivity index (χ4v) is 3.92. The summed E-state index contributed by atoms with van der Waals surface area (Å²) in [5.41, 5.74) is 0. The van der Waals surface area contributed by atoms with Crippen molar-refractivity contribution in [1.29, 1.82) is 0 Å². The van der Waals surface area contributed by atoms with Gasteiger partial charge in [-0.1, -0.05) is 71.5 Å². The van der Waals surface area contributed by atoms with Crippen LogP contribution < -0.4 is 5.32 Å². The lowest BCUT2D eigenvalue weighted by Gasteiger charge is -2.34. The van der Waals surface area contributed by atoms with E-state index in [-0.39, 0.29) is 0 Å². The number of hydrogen-bond acceptors (Lipinski definition) is 2. The Morgan fingerprint density at radius 3 is 2.24 bits per heavy atom. The molecule has 21 heavy (non-hydrogen) atoms. The van der Waals surface area contributed by atoms with Crippen LogP contribution in [0.4, 0.5) is 0 Å². The molecule has 120 valence electrons. The van der Waals surface area contributed by atoms with Crippen LogP contribution >= 0.6 is 0 Å². The minimum Gasteiger partial charge on any atom is -0.369 e. The molecule has 3 heteroatoms. The van der Waals surface area contributed by atoms with Crippen molar-refractivity contribution in [3.05, 3.63) is 0 Å². The van der Waals surface area contributed by atoms with E-state index < -0.39 is 0 Å². The number of rotatable bonds is 2. The van der Waals surface area contributed by atoms with Gasteiger partial charge in [-0.25, -0.2) is 0 Å². The standard InChI is InChI=1S/C18H35BN2/c1-13(2)17-20-15-9-5-7-11-18(19,14(3)4)12-8-6-10-16(15)21-17/h13-16H,5-12,19H2,1-4H3,(H,20,21). The maximum absolute atomic E-state index is 4.99. The zero-order chi connectivity index (χ0) is 15.5. The van der Waals surface area contributed by atoms with Crippen LogP contribution in [0.3, 0.4) is 0 Å². The van der Waals surface area contributed by atoms with Crippen LogP contribution in [0.25, 0.3) is 0 Å². The summed E-state index contributed by atoms with van der Waals surface area (Å²) < 4.78 is 0. The topological polar surface area (TPSA) is 24.4 Å². The summed E-state index contributed by atoms with van der Waals surface area (Å²) >= 11 is 0. The third kappa shape index (κ3) is 4.26. The molecule has 0 spiro atoms. The zero-order valence-corrected chi connectivity index (χ0v) is 14.9. The van der Waals surface area contributed by atoms with Gasteiger partial charge in [-0.3, -0.25) is 4.99 Å². The Balaban J connectivity index is 1.98. The van der Waals surface area contributed by atoms with Gasteiger partial charge in [0, 0.05) is 12.0 Å². The van der Waals surface area contributed by atoms with Gasteiger partial charge in [-0.15, -0.1) is 0 Å². The van der Waals surface area contributed by atoms with Crippen LogP contribution in [0.15, 0.2) is 4.99 Å². The van der Waals surface area contributed by atoms with Crippen molar-refractivity contribution in [3.8, 4) is 0 Å². The first-order valence-corrected chi connectivity index (χ1v) is 9.26. The SMILES string of the molecule is BC1(C(C)C)CCCCC2N=C(C(C)C)NC2CCCC1. The third-order valence-corrected chi connectivity index (χ3v) is 6.05. The van der Waals surface area contributed by atoms with Crippen LogP contribution in [0.2, 0.25) is 5.31 Å². The fourth-order valence-electron chi connectivity index (χ4n) is 3.92. The lowest BCUT2D eigenvalue weighted by atomic mass is 9.56. The van der Waals surface area contributed by atoms with E-state index >= 15 is 0 Å². The molecular formula is C18H35BN2. The van der Waals surface area contributed by atoms with Crippen molar-refractivity contribution in [2.45, 2.75) is 96.5 Å². The van der Waals surface area contributed by atoms with E-state index in [1.165, 1.54) is 57.2 Å². The maximum Gasteiger partial charge on any atom is 0.109 e. The largest absolute Gasteiger partial charge is 0.369 e. The van der Waals surface area contributed by atoms with E-state index in [1.54, 1.807) is 0 Å². The third-order valence-electron chi connectivity index (χ3n) is 6.05. The first kappa shape index (κ1) is 16.9. The number of amidine groups is 1. The molecule has 0 bridgehead atoms. The molecular weight excluding hydrogens is 255 g/mol. The second-order valence-corrected chi connectivity index (χ2v) is 8.29. The normalized spacial score (nSPS) is 35.0. The molecule has 0 saturated heterocycles. The number of nitrogens with one attached hydrogen (secondary N) is 1. The number of fused-ring (bicyclic) bond motifs is 1. The smallest absolute Gasteiger partial charge is 0.109 e. The predicted octanol–water partition coefficient (Wildman–Crippen LogP) is 3.96. The van der Waals surface area contributed by atoms with Crippen molar-refractivity contribution in [3.63, 3.8) is 0 Å². The Morgan fingerprint density at radius 1 is 1.05 bits per heavy atom. The minimum absolute atomic E-state index is 0.547. The maximum atomic E-state index is 4.99. The molecule has 0 aromatic carbocycles.